The Bertz CT molecular complexity index is 222. The number of carbonyl (C=O) groups is 1. The predicted molar refractivity (Wildman–Crippen MR) is 49.8 cm³/mol. The Hall–Kier alpha value is -1.15. The number of hydrogen-bond donors (Lipinski definition) is 1. The second kappa shape index (κ2) is 6.55. The van der Waals surface area contributed by atoms with Gasteiger partial charge in [0.05, 0.1) is 6.61 Å². The predicted octanol–water partition coefficient (Wildman–Crippen LogP) is 1.63. The van der Waals surface area contributed by atoms with Gasteiger partial charge in [0.15, 0.2) is 0 Å². The Morgan fingerprint density at radius 2 is 2.00 bits per heavy atom. The molecule has 0 aliphatic rings. The van der Waals surface area contributed by atoms with Crippen LogP contribution in [0.5, 0.6) is 0 Å². The molecule has 0 bridgehead atoms. The monoisotopic (exact) mass is 166 g/mol. The highest BCUT2D eigenvalue weighted by molar-refractivity contribution is 5.72. The van der Waals surface area contributed by atoms with Crippen molar-refractivity contribution < 1.29 is 9.90 Å². The fourth-order valence-corrected chi connectivity index (χ4v) is 0.603. The zero-order chi connectivity index (χ0) is 9.40. The molecule has 0 aliphatic carbocycles. The quantitative estimate of drug-likeness (QED) is 0.391. The number of aliphatic hydroxyl groups is 1. The third-order valence-corrected chi connectivity index (χ3v) is 1.32. The van der Waals surface area contributed by atoms with E-state index in [1.807, 2.05) is 13.0 Å². The van der Waals surface area contributed by atoms with Crippen LogP contribution < -0.4 is 0 Å². The molecule has 2 nitrogen and oxygen atoms in total. The fraction of sp³-hybridized carbons (Fsp3) is 0.300. The fourth-order valence-electron chi connectivity index (χ4n) is 0.603. The third-order valence-electron chi connectivity index (χ3n) is 1.32. The largest absolute Gasteiger partial charge is 0.392 e. The average Bonchev–Trinajstić information content (AvgIpc) is 2.04. The van der Waals surface area contributed by atoms with Crippen LogP contribution in [0.25, 0.3) is 0 Å². The van der Waals surface area contributed by atoms with E-state index in [0.29, 0.717) is 5.57 Å². The zero-order valence-electron chi connectivity index (χ0n) is 7.45. The van der Waals surface area contributed by atoms with Crippen LogP contribution in [0.2, 0.25) is 0 Å². The van der Waals surface area contributed by atoms with Gasteiger partial charge in [-0.2, -0.15) is 0 Å². The van der Waals surface area contributed by atoms with Crippen molar-refractivity contribution >= 4 is 6.29 Å². The average molecular weight is 166 g/mol. The van der Waals surface area contributed by atoms with Crippen LogP contribution in [0.15, 0.2) is 35.5 Å². The van der Waals surface area contributed by atoms with Crippen LogP contribution in [0.4, 0.5) is 0 Å². The first-order valence-corrected chi connectivity index (χ1v) is 3.78. The lowest BCUT2D eigenvalue weighted by Gasteiger charge is -1.87. The van der Waals surface area contributed by atoms with Crippen molar-refractivity contribution in [2.24, 2.45) is 0 Å². The van der Waals surface area contributed by atoms with Crippen molar-refractivity contribution in [3.8, 4) is 0 Å². The van der Waals surface area contributed by atoms with Crippen LogP contribution in [0.1, 0.15) is 13.8 Å². The highest BCUT2D eigenvalue weighted by atomic mass is 16.2. The van der Waals surface area contributed by atoms with Gasteiger partial charge in [-0.25, -0.2) is 0 Å². The Balaban J connectivity index is 4.08. The molecule has 0 atom stereocenters. The second-order valence-electron chi connectivity index (χ2n) is 2.52. The highest BCUT2D eigenvalue weighted by Crippen LogP contribution is 1.95. The van der Waals surface area contributed by atoms with Gasteiger partial charge in [0.2, 0.25) is 0 Å². The molecule has 66 valence electrons. The van der Waals surface area contributed by atoms with E-state index in [1.54, 1.807) is 25.2 Å². The smallest absolute Gasteiger partial charge is 0.145 e. The molecule has 0 aromatic carbocycles. The minimum atomic E-state index is 0.0482. The number of hydrogen-bond acceptors (Lipinski definition) is 2. The van der Waals surface area contributed by atoms with Crippen LogP contribution in [0, 0.1) is 0 Å². The van der Waals surface area contributed by atoms with Gasteiger partial charge >= 0.3 is 0 Å². The molecule has 2 heteroatoms. The summed E-state index contributed by atoms with van der Waals surface area (Å²) in [4.78, 5) is 10.1. The molecule has 0 heterocycles. The minimum Gasteiger partial charge on any atom is -0.392 e. The lowest BCUT2D eigenvalue weighted by molar-refractivity contribution is -0.104. The van der Waals surface area contributed by atoms with E-state index in [2.05, 4.69) is 0 Å². The molecule has 1 N–H and O–H groups in total. The molecule has 12 heavy (non-hydrogen) atoms. The van der Waals surface area contributed by atoms with Gasteiger partial charge in [0.1, 0.15) is 6.29 Å². The summed E-state index contributed by atoms with van der Waals surface area (Å²) < 4.78 is 0. The van der Waals surface area contributed by atoms with Crippen molar-refractivity contribution in [3.63, 3.8) is 0 Å². The lowest BCUT2D eigenvalue weighted by Crippen LogP contribution is -1.76. The van der Waals surface area contributed by atoms with Gasteiger partial charge in [-0.1, -0.05) is 29.9 Å². The maximum atomic E-state index is 10.1. The number of aliphatic hydroxyl groups excluding tert-OH is 1. The van der Waals surface area contributed by atoms with Crippen molar-refractivity contribution in [1.29, 1.82) is 0 Å². The molecule has 0 saturated carbocycles. The molecule has 0 saturated heterocycles. The summed E-state index contributed by atoms with van der Waals surface area (Å²) in [5.41, 5.74) is 1.66. The molecule has 0 amide bonds. The highest BCUT2D eigenvalue weighted by Gasteiger charge is 1.80. The Morgan fingerprint density at radius 1 is 1.33 bits per heavy atom. The zero-order valence-corrected chi connectivity index (χ0v) is 7.45. The Morgan fingerprint density at radius 3 is 2.50 bits per heavy atom. The van der Waals surface area contributed by atoms with E-state index in [9.17, 15) is 4.79 Å². The van der Waals surface area contributed by atoms with Crippen LogP contribution in [0.3, 0.4) is 0 Å². The number of rotatable bonds is 4. The minimum absolute atomic E-state index is 0.0482. The van der Waals surface area contributed by atoms with E-state index in [0.717, 1.165) is 11.9 Å². The molecule has 0 aromatic heterocycles. The van der Waals surface area contributed by atoms with Crippen molar-refractivity contribution in [2.45, 2.75) is 13.8 Å². The first-order chi connectivity index (χ1) is 5.70. The molecule has 0 aromatic rings. The summed E-state index contributed by atoms with van der Waals surface area (Å²) >= 11 is 0. The van der Waals surface area contributed by atoms with Gasteiger partial charge in [0, 0.05) is 0 Å². The maximum absolute atomic E-state index is 10.1. The van der Waals surface area contributed by atoms with Crippen LogP contribution >= 0.6 is 0 Å². The van der Waals surface area contributed by atoms with Gasteiger partial charge in [-0.05, 0) is 19.4 Å². The van der Waals surface area contributed by atoms with Gasteiger partial charge in [-0.15, -0.1) is 0 Å². The molecule has 0 fully saturated rings. The Kier molecular flexibility index (Phi) is 5.93. The summed E-state index contributed by atoms with van der Waals surface area (Å²) in [6.07, 6.45) is 7.84. The summed E-state index contributed by atoms with van der Waals surface area (Å²) in [6.45, 7) is 3.67. The molecule has 0 spiro atoms. The van der Waals surface area contributed by atoms with Gasteiger partial charge in [0.25, 0.3) is 0 Å². The van der Waals surface area contributed by atoms with E-state index in [1.165, 1.54) is 0 Å². The summed E-state index contributed by atoms with van der Waals surface area (Å²) in [5, 5.41) is 8.51. The number of carbonyl (C=O) groups excluding carboxylic acids is 1. The van der Waals surface area contributed by atoms with E-state index in [4.69, 9.17) is 5.11 Å². The molecule has 0 aliphatic heterocycles. The van der Waals surface area contributed by atoms with Crippen LogP contribution in [-0.2, 0) is 4.79 Å². The van der Waals surface area contributed by atoms with Gasteiger partial charge in [-0.3, -0.25) is 4.79 Å². The van der Waals surface area contributed by atoms with E-state index >= 15 is 0 Å². The number of aldehydes is 1. The van der Waals surface area contributed by atoms with E-state index in [-0.39, 0.29) is 6.61 Å². The Labute approximate surface area is 72.9 Å². The third kappa shape index (κ3) is 5.62. The molecule has 0 rings (SSSR count). The first-order valence-electron chi connectivity index (χ1n) is 3.78. The lowest BCUT2D eigenvalue weighted by atomic mass is 10.2. The molecular weight excluding hydrogens is 152 g/mol. The molecular formula is C10H14O2. The summed E-state index contributed by atoms with van der Waals surface area (Å²) in [5.74, 6) is 0. The van der Waals surface area contributed by atoms with Crippen LogP contribution in [-0.4, -0.2) is 18.0 Å². The molecule has 0 radical (unpaired) electrons. The van der Waals surface area contributed by atoms with Gasteiger partial charge < -0.3 is 5.11 Å². The first kappa shape index (κ1) is 10.8. The van der Waals surface area contributed by atoms with Crippen molar-refractivity contribution in [2.75, 3.05) is 6.61 Å². The SMILES string of the molecule is C\C(C=O)=C/C=C/C(C)=C/CO. The summed E-state index contributed by atoms with van der Waals surface area (Å²) in [7, 11) is 0. The maximum Gasteiger partial charge on any atom is 0.145 e. The normalized spacial score (nSPS) is 13.9. The number of allylic oxidation sites excluding steroid dienone is 5. The summed E-state index contributed by atoms with van der Waals surface area (Å²) in [6, 6.07) is 0. The van der Waals surface area contributed by atoms with Crippen molar-refractivity contribution in [1.82, 2.24) is 0 Å². The second-order valence-corrected chi connectivity index (χ2v) is 2.52. The topological polar surface area (TPSA) is 37.3 Å². The van der Waals surface area contributed by atoms with E-state index < -0.39 is 0 Å². The van der Waals surface area contributed by atoms with Crippen molar-refractivity contribution in [3.05, 3.63) is 35.5 Å². The standard InChI is InChI=1S/C10H14O2/c1-9(6-7-11)4-3-5-10(2)8-12/h3-6,8,11H,7H2,1-2H3/b4-3+,9-6+,10-5+. The molecule has 0 unspecified atom stereocenters.